The number of para-hydroxylation sites is 2. The van der Waals surface area contributed by atoms with Gasteiger partial charge in [0.25, 0.3) is 0 Å². The molecule has 0 bridgehead atoms. The van der Waals surface area contributed by atoms with E-state index in [4.69, 9.17) is 4.98 Å². The van der Waals surface area contributed by atoms with Gasteiger partial charge in [0.05, 0.1) is 29.4 Å². The van der Waals surface area contributed by atoms with E-state index in [0.717, 1.165) is 18.1 Å². The standard InChI is InChI=1S/C21H27N3/c1-15-13-16(2)22-17(3)21(15)24-14-23(18-9-5-4-6-10-18)19-11-7-8-12-20(19)24/h7-8,11-13,18H,4-6,9-10,14H2,1-3H3. The molecule has 0 atom stereocenters. The molecule has 0 saturated heterocycles. The Hall–Kier alpha value is -2.03. The Balaban J connectivity index is 1.76. The molecule has 1 aromatic heterocycles. The summed E-state index contributed by atoms with van der Waals surface area (Å²) in [6, 6.07) is 11.8. The number of hydrogen-bond donors (Lipinski definition) is 0. The van der Waals surface area contributed by atoms with Crippen molar-refractivity contribution >= 4 is 17.1 Å². The normalized spacial score (nSPS) is 18.1. The summed E-state index contributed by atoms with van der Waals surface area (Å²) in [5.74, 6) is 0. The molecule has 1 aliphatic heterocycles. The van der Waals surface area contributed by atoms with E-state index in [0.29, 0.717) is 6.04 Å². The van der Waals surface area contributed by atoms with Crippen LogP contribution in [0.25, 0.3) is 0 Å². The first-order valence-electron chi connectivity index (χ1n) is 9.23. The zero-order valence-corrected chi connectivity index (χ0v) is 15.0. The first-order valence-corrected chi connectivity index (χ1v) is 9.23. The topological polar surface area (TPSA) is 19.4 Å². The lowest BCUT2D eigenvalue weighted by molar-refractivity contribution is 0.420. The molecule has 126 valence electrons. The van der Waals surface area contributed by atoms with E-state index < -0.39 is 0 Å². The summed E-state index contributed by atoms with van der Waals surface area (Å²) in [7, 11) is 0. The number of benzene rings is 1. The summed E-state index contributed by atoms with van der Waals surface area (Å²) in [6.07, 6.45) is 6.79. The number of anilines is 3. The van der Waals surface area contributed by atoms with Crippen LogP contribution in [0.15, 0.2) is 30.3 Å². The molecule has 0 spiro atoms. The van der Waals surface area contributed by atoms with Crippen LogP contribution in [0.5, 0.6) is 0 Å². The van der Waals surface area contributed by atoms with Crippen molar-refractivity contribution < 1.29 is 0 Å². The van der Waals surface area contributed by atoms with Crippen molar-refractivity contribution in [2.75, 3.05) is 16.5 Å². The van der Waals surface area contributed by atoms with Crippen molar-refractivity contribution in [1.82, 2.24) is 4.98 Å². The predicted molar refractivity (Wildman–Crippen MR) is 101 cm³/mol. The van der Waals surface area contributed by atoms with Crippen LogP contribution in [-0.2, 0) is 0 Å². The number of hydrogen-bond acceptors (Lipinski definition) is 3. The molecule has 2 aromatic rings. The highest BCUT2D eigenvalue weighted by Gasteiger charge is 2.33. The van der Waals surface area contributed by atoms with Gasteiger partial charge in [-0.3, -0.25) is 4.98 Å². The summed E-state index contributed by atoms with van der Waals surface area (Å²) >= 11 is 0. The molecule has 2 aliphatic rings. The molecule has 1 saturated carbocycles. The SMILES string of the molecule is Cc1cc(C)c(N2CN(C3CCCCC3)c3ccccc32)c(C)n1. The summed E-state index contributed by atoms with van der Waals surface area (Å²) in [5, 5.41) is 0. The van der Waals surface area contributed by atoms with Gasteiger partial charge in [-0.1, -0.05) is 31.4 Å². The van der Waals surface area contributed by atoms with E-state index in [-0.39, 0.29) is 0 Å². The second kappa shape index (κ2) is 6.12. The Kier molecular flexibility index (Phi) is 3.95. The number of fused-ring (bicyclic) bond motifs is 1. The molecular weight excluding hydrogens is 294 g/mol. The smallest absolute Gasteiger partial charge is 0.0956 e. The summed E-state index contributed by atoms with van der Waals surface area (Å²) < 4.78 is 0. The fourth-order valence-corrected chi connectivity index (χ4v) is 4.56. The Morgan fingerprint density at radius 3 is 2.38 bits per heavy atom. The molecule has 0 amide bonds. The van der Waals surface area contributed by atoms with Gasteiger partial charge in [0.2, 0.25) is 0 Å². The molecule has 4 rings (SSSR count). The zero-order valence-electron chi connectivity index (χ0n) is 15.0. The van der Waals surface area contributed by atoms with Crippen molar-refractivity contribution in [3.05, 3.63) is 47.3 Å². The van der Waals surface area contributed by atoms with Gasteiger partial charge in [0, 0.05) is 11.7 Å². The fourth-order valence-electron chi connectivity index (χ4n) is 4.56. The highest BCUT2D eigenvalue weighted by atomic mass is 15.4. The maximum atomic E-state index is 4.73. The van der Waals surface area contributed by atoms with Crippen LogP contribution in [-0.4, -0.2) is 17.7 Å². The fraction of sp³-hybridized carbons (Fsp3) is 0.476. The lowest BCUT2D eigenvalue weighted by Gasteiger charge is -2.33. The van der Waals surface area contributed by atoms with Gasteiger partial charge in [0.1, 0.15) is 0 Å². The van der Waals surface area contributed by atoms with Crippen LogP contribution < -0.4 is 9.80 Å². The molecule has 2 heterocycles. The first-order chi connectivity index (χ1) is 11.6. The number of rotatable bonds is 2. The van der Waals surface area contributed by atoms with Crippen molar-refractivity contribution in [2.24, 2.45) is 0 Å². The summed E-state index contributed by atoms with van der Waals surface area (Å²) in [6.45, 7) is 7.39. The van der Waals surface area contributed by atoms with Gasteiger partial charge in [-0.15, -0.1) is 0 Å². The summed E-state index contributed by atoms with van der Waals surface area (Å²) in [4.78, 5) is 9.83. The highest BCUT2D eigenvalue weighted by Crippen LogP contribution is 2.44. The van der Waals surface area contributed by atoms with Gasteiger partial charge < -0.3 is 9.80 Å². The number of nitrogens with zero attached hydrogens (tertiary/aromatic N) is 3. The molecule has 24 heavy (non-hydrogen) atoms. The molecule has 3 nitrogen and oxygen atoms in total. The first kappa shape index (κ1) is 15.5. The van der Waals surface area contributed by atoms with Gasteiger partial charge in [0.15, 0.2) is 0 Å². The van der Waals surface area contributed by atoms with Crippen LogP contribution in [0.2, 0.25) is 0 Å². The molecule has 1 aliphatic carbocycles. The van der Waals surface area contributed by atoms with E-state index in [1.807, 2.05) is 0 Å². The average Bonchev–Trinajstić information content (AvgIpc) is 2.94. The van der Waals surface area contributed by atoms with Crippen LogP contribution in [0, 0.1) is 20.8 Å². The monoisotopic (exact) mass is 321 g/mol. The quantitative estimate of drug-likeness (QED) is 0.752. The van der Waals surface area contributed by atoms with Crippen LogP contribution >= 0.6 is 0 Å². The maximum Gasteiger partial charge on any atom is 0.0956 e. The molecule has 1 aromatic carbocycles. The van der Waals surface area contributed by atoms with Gasteiger partial charge in [-0.25, -0.2) is 0 Å². The Morgan fingerprint density at radius 2 is 1.67 bits per heavy atom. The molecule has 3 heteroatoms. The lowest BCUT2D eigenvalue weighted by Crippen LogP contribution is -2.38. The van der Waals surface area contributed by atoms with E-state index in [9.17, 15) is 0 Å². The van der Waals surface area contributed by atoms with Gasteiger partial charge >= 0.3 is 0 Å². The third kappa shape index (κ3) is 2.56. The van der Waals surface area contributed by atoms with E-state index in [1.165, 1.54) is 54.7 Å². The molecule has 0 unspecified atom stereocenters. The Morgan fingerprint density at radius 1 is 0.958 bits per heavy atom. The van der Waals surface area contributed by atoms with Gasteiger partial charge in [-0.2, -0.15) is 0 Å². The van der Waals surface area contributed by atoms with Crippen molar-refractivity contribution in [2.45, 2.75) is 58.9 Å². The van der Waals surface area contributed by atoms with Crippen LogP contribution in [0.4, 0.5) is 17.1 Å². The van der Waals surface area contributed by atoms with Crippen LogP contribution in [0.1, 0.15) is 49.1 Å². The van der Waals surface area contributed by atoms with Crippen LogP contribution in [0.3, 0.4) is 0 Å². The maximum absolute atomic E-state index is 4.73. The lowest BCUT2D eigenvalue weighted by atomic mass is 9.94. The Labute approximate surface area is 145 Å². The van der Waals surface area contributed by atoms with Crippen molar-refractivity contribution in [3.63, 3.8) is 0 Å². The zero-order chi connectivity index (χ0) is 16.7. The summed E-state index contributed by atoms with van der Waals surface area (Å²) in [5.41, 5.74) is 7.56. The minimum absolute atomic E-state index is 0.684. The largest absolute Gasteiger partial charge is 0.349 e. The minimum atomic E-state index is 0.684. The van der Waals surface area contributed by atoms with Gasteiger partial charge in [-0.05, 0) is 57.4 Å². The third-order valence-electron chi connectivity index (χ3n) is 5.55. The highest BCUT2D eigenvalue weighted by molar-refractivity contribution is 5.84. The molecular formula is C21H27N3. The van der Waals surface area contributed by atoms with E-state index in [2.05, 4.69) is 60.9 Å². The second-order valence-electron chi connectivity index (χ2n) is 7.33. The number of aromatic nitrogens is 1. The second-order valence-corrected chi connectivity index (χ2v) is 7.33. The number of pyridine rings is 1. The van der Waals surface area contributed by atoms with E-state index >= 15 is 0 Å². The minimum Gasteiger partial charge on any atom is -0.349 e. The molecule has 0 radical (unpaired) electrons. The predicted octanol–water partition coefficient (Wildman–Crippen LogP) is 5.26. The van der Waals surface area contributed by atoms with E-state index in [1.54, 1.807) is 0 Å². The molecule has 0 N–H and O–H groups in total. The average molecular weight is 321 g/mol. The van der Waals surface area contributed by atoms with Crippen molar-refractivity contribution in [3.8, 4) is 0 Å². The third-order valence-corrected chi connectivity index (χ3v) is 5.55. The Bertz CT molecular complexity index is 723. The number of aryl methyl sites for hydroxylation is 3. The van der Waals surface area contributed by atoms with Crippen molar-refractivity contribution in [1.29, 1.82) is 0 Å². The molecule has 1 fully saturated rings.